The molecule has 184 valence electrons. The topological polar surface area (TPSA) is 112 Å². The molecule has 5 rings (SSSR count). The SMILES string of the molecule is CCOC(C)c1nc2cc(-c3noc(=O)[nH]3)nc(-c3cncc(Cl)c3)c2n1C[C@H]1CC[C@H](C)CC1. The summed E-state index contributed by atoms with van der Waals surface area (Å²) in [7, 11) is 0. The lowest BCUT2D eigenvalue weighted by Crippen LogP contribution is -2.20. The minimum Gasteiger partial charge on any atom is -0.371 e. The second-order valence-electron chi connectivity index (χ2n) is 9.36. The second kappa shape index (κ2) is 9.91. The first-order valence-electron chi connectivity index (χ1n) is 12.1. The molecular weight excluding hydrogens is 468 g/mol. The van der Waals surface area contributed by atoms with E-state index in [1.807, 2.05) is 26.0 Å². The van der Waals surface area contributed by atoms with Crippen LogP contribution in [0.1, 0.15) is 58.4 Å². The Morgan fingerprint density at radius 2 is 2.03 bits per heavy atom. The van der Waals surface area contributed by atoms with Crippen molar-refractivity contribution in [1.29, 1.82) is 0 Å². The van der Waals surface area contributed by atoms with E-state index in [1.54, 1.807) is 12.4 Å². The van der Waals surface area contributed by atoms with Gasteiger partial charge in [0.05, 0.1) is 21.7 Å². The fraction of sp³-hybridized carbons (Fsp3) is 0.480. The molecule has 10 heteroatoms. The van der Waals surface area contributed by atoms with E-state index in [-0.39, 0.29) is 11.9 Å². The lowest BCUT2D eigenvalue weighted by Gasteiger charge is -2.28. The molecule has 0 spiro atoms. The summed E-state index contributed by atoms with van der Waals surface area (Å²) < 4.78 is 13.0. The zero-order valence-corrected chi connectivity index (χ0v) is 20.9. The summed E-state index contributed by atoms with van der Waals surface area (Å²) in [4.78, 5) is 28.4. The summed E-state index contributed by atoms with van der Waals surface area (Å²) in [5, 5.41) is 4.34. The van der Waals surface area contributed by atoms with Crippen molar-refractivity contribution in [2.75, 3.05) is 6.61 Å². The Labute approximate surface area is 207 Å². The van der Waals surface area contributed by atoms with E-state index in [4.69, 9.17) is 30.8 Å². The molecule has 0 amide bonds. The van der Waals surface area contributed by atoms with E-state index in [1.165, 1.54) is 25.7 Å². The largest absolute Gasteiger partial charge is 0.439 e. The van der Waals surface area contributed by atoms with Crippen LogP contribution in [0, 0.1) is 11.8 Å². The van der Waals surface area contributed by atoms with Gasteiger partial charge in [0.25, 0.3) is 0 Å². The highest BCUT2D eigenvalue weighted by Crippen LogP contribution is 2.36. The van der Waals surface area contributed by atoms with Gasteiger partial charge < -0.3 is 9.30 Å². The van der Waals surface area contributed by atoms with Crippen molar-refractivity contribution < 1.29 is 9.26 Å². The molecule has 1 aliphatic rings. The minimum atomic E-state index is -0.643. The van der Waals surface area contributed by atoms with Gasteiger partial charge >= 0.3 is 5.76 Å². The van der Waals surface area contributed by atoms with Crippen molar-refractivity contribution in [1.82, 2.24) is 29.7 Å². The maximum atomic E-state index is 11.6. The van der Waals surface area contributed by atoms with Crippen LogP contribution in [0.5, 0.6) is 0 Å². The molecule has 1 aliphatic carbocycles. The fourth-order valence-electron chi connectivity index (χ4n) is 4.97. The average molecular weight is 497 g/mol. The van der Waals surface area contributed by atoms with Gasteiger partial charge in [-0.25, -0.2) is 14.8 Å². The molecule has 0 saturated heterocycles. The molecule has 4 aromatic heterocycles. The van der Waals surface area contributed by atoms with E-state index < -0.39 is 5.76 Å². The van der Waals surface area contributed by atoms with Crippen molar-refractivity contribution in [2.24, 2.45) is 11.8 Å². The number of fused-ring (bicyclic) bond motifs is 1. The third kappa shape index (κ3) is 4.88. The van der Waals surface area contributed by atoms with Crippen LogP contribution < -0.4 is 5.76 Å². The first-order valence-corrected chi connectivity index (χ1v) is 12.5. The van der Waals surface area contributed by atoms with Gasteiger partial charge in [0, 0.05) is 31.1 Å². The normalized spacial score (nSPS) is 19.3. The van der Waals surface area contributed by atoms with Crippen molar-refractivity contribution >= 4 is 22.6 Å². The van der Waals surface area contributed by atoms with Gasteiger partial charge in [-0.15, -0.1) is 0 Å². The molecule has 1 N–H and O–H groups in total. The van der Waals surface area contributed by atoms with Gasteiger partial charge in [0.15, 0.2) is 0 Å². The van der Waals surface area contributed by atoms with Gasteiger partial charge in [-0.3, -0.25) is 14.5 Å². The van der Waals surface area contributed by atoms with E-state index >= 15 is 0 Å². The zero-order chi connectivity index (χ0) is 24.5. The second-order valence-corrected chi connectivity index (χ2v) is 9.80. The number of aromatic nitrogens is 6. The van der Waals surface area contributed by atoms with Crippen LogP contribution in [-0.4, -0.2) is 36.3 Å². The van der Waals surface area contributed by atoms with Crippen LogP contribution in [0.15, 0.2) is 33.8 Å². The summed E-state index contributed by atoms with van der Waals surface area (Å²) in [6.07, 6.45) is 7.96. The van der Waals surface area contributed by atoms with Gasteiger partial charge in [-0.1, -0.05) is 36.5 Å². The predicted octanol–water partition coefficient (Wildman–Crippen LogP) is 5.41. The molecule has 1 unspecified atom stereocenters. The number of rotatable bonds is 7. The Morgan fingerprint density at radius 3 is 2.71 bits per heavy atom. The van der Waals surface area contributed by atoms with Gasteiger partial charge in [-0.2, -0.15) is 0 Å². The van der Waals surface area contributed by atoms with Crippen LogP contribution in [-0.2, 0) is 11.3 Å². The van der Waals surface area contributed by atoms with Crippen LogP contribution in [0.3, 0.4) is 0 Å². The first kappa shape index (κ1) is 23.7. The van der Waals surface area contributed by atoms with Crippen molar-refractivity contribution in [2.45, 2.75) is 59.1 Å². The van der Waals surface area contributed by atoms with E-state index in [0.717, 1.165) is 34.9 Å². The summed E-state index contributed by atoms with van der Waals surface area (Å²) in [5.41, 5.74) is 3.50. The lowest BCUT2D eigenvalue weighted by atomic mass is 9.83. The number of nitrogens with one attached hydrogen (secondary N) is 1. The number of H-pyrrole nitrogens is 1. The predicted molar refractivity (Wildman–Crippen MR) is 133 cm³/mol. The van der Waals surface area contributed by atoms with Gasteiger partial charge in [0.1, 0.15) is 17.6 Å². The van der Waals surface area contributed by atoms with Crippen LogP contribution in [0.4, 0.5) is 0 Å². The number of hydrogen-bond donors (Lipinski definition) is 1. The quantitative estimate of drug-likeness (QED) is 0.363. The van der Waals surface area contributed by atoms with Crippen LogP contribution in [0.25, 0.3) is 33.8 Å². The monoisotopic (exact) mass is 496 g/mol. The summed E-state index contributed by atoms with van der Waals surface area (Å²) in [6.45, 7) is 7.75. The Balaban J connectivity index is 1.73. The minimum absolute atomic E-state index is 0.199. The molecule has 4 heterocycles. The van der Waals surface area contributed by atoms with E-state index in [9.17, 15) is 4.79 Å². The number of ether oxygens (including phenoxy) is 1. The number of pyridine rings is 2. The highest BCUT2D eigenvalue weighted by molar-refractivity contribution is 6.30. The van der Waals surface area contributed by atoms with Gasteiger partial charge in [0.2, 0.25) is 5.82 Å². The summed E-state index contributed by atoms with van der Waals surface area (Å²) in [5.74, 6) is 1.77. The molecule has 35 heavy (non-hydrogen) atoms. The Morgan fingerprint density at radius 1 is 1.23 bits per heavy atom. The van der Waals surface area contributed by atoms with E-state index in [2.05, 4.69) is 26.6 Å². The molecule has 0 bridgehead atoms. The number of nitrogens with zero attached hydrogens (tertiary/aromatic N) is 5. The highest BCUT2D eigenvalue weighted by atomic mass is 35.5. The molecule has 0 radical (unpaired) electrons. The van der Waals surface area contributed by atoms with Crippen LogP contribution >= 0.6 is 11.6 Å². The average Bonchev–Trinajstić information content (AvgIpc) is 3.44. The Kier molecular flexibility index (Phi) is 6.71. The van der Waals surface area contributed by atoms with Gasteiger partial charge in [-0.05, 0) is 50.7 Å². The number of imidazole rings is 1. The maximum absolute atomic E-state index is 11.6. The number of hydrogen-bond acceptors (Lipinski definition) is 7. The summed E-state index contributed by atoms with van der Waals surface area (Å²) in [6, 6.07) is 3.66. The molecule has 1 atom stereocenters. The van der Waals surface area contributed by atoms with Crippen LogP contribution in [0.2, 0.25) is 5.02 Å². The Bertz CT molecular complexity index is 1390. The molecular formula is C25H29ClN6O3. The molecule has 9 nitrogen and oxygen atoms in total. The Hall–Kier alpha value is -3.04. The first-order chi connectivity index (χ1) is 16.9. The third-order valence-electron chi connectivity index (χ3n) is 6.77. The standard InChI is InChI=1S/C25H29ClN6O3/c1-4-34-15(3)24-29-19-10-20(23-30-25(33)35-31-23)28-21(17-9-18(26)12-27-11-17)22(19)32(24)13-16-7-5-14(2)6-8-16/h9-12,14-16H,4-8,13H2,1-3H3,(H,30,31,33)/t14-,15?,16-. The molecule has 1 saturated carbocycles. The molecule has 1 fully saturated rings. The third-order valence-corrected chi connectivity index (χ3v) is 6.98. The summed E-state index contributed by atoms with van der Waals surface area (Å²) >= 11 is 6.30. The number of halogens is 1. The fourth-order valence-corrected chi connectivity index (χ4v) is 5.14. The molecule has 4 aromatic rings. The smallest absolute Gasteiger partial charge is 0.371 e. The van der Waals surface area contributed by atoms with Crippen molar-refractivity contribution in [3.63, 3.8) is 0 Å². The van der Waals surface area contributed by atoms with Crippen molar-refractivity contribution in [3.05, 3.63) is 45.9 Å². The lowest BCUT2D eigenvalue weighted by molar-refractivity contribution is 0.0667. The maximum Gasteiger partial charge on any atom is 0.439 e. The zero-order valence-electron chi connectivity index (χ0n) is 20.1. The number of aromatic amines is 1. The van der Waals surface area contributed by atoms with Crippen molar-refractivity contribution in [3.8, 4) is 22.8 Å². The van der Waals surface area contributed by atoms with E-state index in [0.29, 0.717) is 28.9 Å². The highest BCUT2D eigenvalue weighted by Gasteiger charge is 2.26. The molecule has 0 aromatic carbocycles. The molecule has 0 aliphatic heterocycles.